The molecule has 3 unspecified atom stereocenters. The van der Waals surface area contributed by atoms with E-state index in [2.05, 4.69) is 29.6 Å². The van der Waals surface area contributed by atoms with Crippen molar-refractivity contribution in [3.05, 3.63) is 59.5 Å². The van der Waals surface area contributed by atoms with Gasteiger partial charge < -0.3 is 14.6 Å². The molecule has 1 heterocycles. The third-order valence-electron chi connectivity index (χ3n) is 10.7. The number of carbonyl (C=O) groups excluding carboxylic acids is 2. The maximum absolute atomic E-state index is 14.5. The molecule has 6 aliphatic carbocycles. The Morgan fingerprint density at radius 1 is 0.944 bits per heavy atom. The summed E-state index contributed by atoms with van der Waals surface area (Å²) >= 11 is 0. The number of nitrogens with one attached hydrogen (secondary N) is 1. The van der Waals surface area contributed by atoms with Crippen LogP contribution < -0.4 is 5.32 Å². The fourth-order valence-corrected chi connectivity index (χ4v) is 9.47. The van der Waals surface area contributed by atoms with Crippen molar-refractivity contribution in [2.24, 2.45) is 29.6 Å². The van der Waals surface area contributed by atoms with E-state index in [4.69, 9.17) is 4.42 Å². The van der Waals surface area contributed by atoms with Gasteiger partial charge in [-0.1, -0.05) is 24.3 Å². The number of rotatable bonds is 6. The Hall–Kier alpha value is -2.56. The smallest absolute Gasteiger partial charge is 0.246 e. The zero-order valence-corrected chi connectivity index (χ0v) is 21.2. The molecule has 190 valence electrons. The van der Waals surface area contributed by atoms with Gasteiger partial charge in [-0.05, 0) is 123 Å². The number of hydrogen-bond donors (Lipinski definition) is 1. The summed E-state index contributed by atoms with van der Waals surface area (Å²) < 4.78 is 5.64. The topological polar surface area (TPSA) is 62.6 Å². The lowest BCUT2D eigenvalue weighted by Crippen LogP contribution is -2.68. The molecule has 2 amide bonds. The predicted molar refractivity (Wildman–Crippen MR) is 137 cm³/mol. The number of nitrogens with zero attached hydrogens (tertiary/aromatic N) is 1. The Labute approximate surface area is 214 Å². The van der Waals surface area contributed by atoms with Crippen LogP contribution in [0.5, 0.6) is 0 Å². The third kappa shape index (κ3) is 3.72. The molecule has 5 fully saturated rings. The number of carbonyl (C=O) groups is 2. The quantitative estimate of drug-likeness (QED) is 0.566. The van der Waals surface area contributed by atoms with Gasteiger partial charge in [-0.25, -0.2) is 0 Å². The standard InChI is InChI=1S/C31H38N2O3/c34-20-33(19-28-6-3-9-36-28)31(8-7-26-13-24-4-1-2-5-25(24)14-27(26)18-31)29(35)32-30-15-21-10-22(16-30)12-23(11-21)17-30/h1-6,9,20-23,26-27H,7-8,10-19H2,(H,32,35). The zero-order chi connectivity index (χ0) is 24.3. The van der Waals surface area contributed by atoms with Gasteiger partial charge in [0, 0.05) is 5.54 Å². The van der Waals surface area contributed by atoms with Crippen molar-refractivity contribution in [2.45, 2.75) is 88.3 Å². The summed E-state index contributed by atoms with van der Waals surface area (Å²) in [6.07, 6.45) is 14.5. The van der Waals surface area contributed by atoms with E-state index in [0.29, 0.717) is 18.4 Å². The number of benzene rings is 1. The van der Waals surface area contributed by atoms with Gasteiger partial charge in [0.05, 0.1) is 12.8 Å². The summed E-state index contributed by atoms with van der Waals surface area (Å²) in [5.41, 5.74) is 2.01. The van der Waals surface area contributed by atoms with E-state index >= 15 is 0 Å². The Morgan fingerprint density at radius 2 is 1.61 bits per heavy atom. The summed E-state index contributed by atoms with van der Waals surface area (Å²) in [6, 6.07) is 12.5. The highest BCUT2D eigenvalue weighted by atomic mass is 16.3. The number of amides is 2. The van der Waals surface area contributed by atoms with Gasteiger partial charge in [0.25, 0.3) is 0 Å². The molecular formula is C31H38N2O3. The first-order valence-electron chi connectivity index (χ1n) is 14.2. The lowest BCUT2D eigenvalue weighted by atomic mass is 9.52. The van der Waals surface area contributed by atoms with Gasteiger partial charge in [0.2, 0.25) is 12.3 Å². The van der Waals surface area contributed by atoms with Crippen LogP contribution in [-0.2, 0) is 29.0 Å². The summed E-state index contributed by atoms with van der Waals surface area (Å²) in [4.78, 5) is 29.0. The van der Waals surface area contributed by atoms with Crippen molar-refractivity contribution in [3.63, 3.8) is 0 Å². The molecule has 1 aromatic carbocycles. The SMILES string of the molecule is O=CN(Cc1ccco1)C1(C(=O)NC23CC4CC(CC(C4)C2)C3)CCC2Cc3ccccc3CC2C1. The minimum Gasteiger partial charge on any atom is -0.467 e. The van der Waals surface area contributed by atoms with Gasteiger partial charge in [-0.15, -0.1) is 0 Å². The first-order valence-corrected chi connectivity index (χ1v) is 14.2. The predicted octanol–water partition coefficient (Wildman–Crippen LogP) is 5.28. The molecule has 0 aliphatic heterocycles. The van der Waals surface area contributed by atoms with Crippen molar-refractivity contribution in [2.75, 3.05) is 0 Å². The molecule has 5 nitrogen and oxygen atoms in total. The lowest BCUT2D eigenvalue weighted by molar-refractivity contribution is -0.151. The number of furan rings is 1. The average molecular weight is 487 g/mol. The van der Waals surface area contributed by atoms with E-state index in [0.717, 1.165) is 81.3 Å². The minimum atomic E-state index is -0.814. The number of hydrogen-bond acceptors (Lipinski definition) is 3. The van der Waals surface area contributed by atoms with E-state index in [1.807, 2.05) is 12.1 Å². The molecule has 0 saturated heterocycles. The lowest BCUT2D eigenvalue weighted by Gasteiger charge is -2.58. The summed E-state index contributed by atoms with van der Waals surface area (Å²) in [7, 11) is 0. The average Bonchev–Trinajstić information content (AvgIpc) is 3.38. The fourth-order valence-electron chi connectivity index (χ4n) is 9.47. The second-order valence-corrected chi connectivity index (χ2v) is 12.9. The molecule has 0 spiro atoms. The van der Waals surface area contributed by atoms with E-state index in [-0.39, 0.29) is 11.4 Å². The fraction of sp³-hybridized carbons (Fsp3) is 0.613. The van der Waals surface area contributed by atoms with Crippen LogP contribution in [0.2, 0.25) is 0 Å². The normalized spacial score (nSPS) is 38.2. The summed E-state index contributed by atoms with van der Waals surface area (Å²) in [6.45, 7) is 0.346. The van der Waals surface area contributed by atoms with E-state index < -0.39 is 5.54 Å². The minimum absolute atomic E-state index is 0.0614. The van der Waals surface area contributed by atoms with Crippen LogP contribution in [0.25, 0.3) is 0 Å². The molecule has 5 saturated carbocycles. The van der Waals surface area contributed by atoms with Crippen LogP contribution >= 0.6 is 0 Å². The third-order valence-corrected chi connectivity index (χ3v) is 10.7. The molecule has 8 rings (SSSR count). The highest BCUT2D eigenvalue weighted by molar-refractivity contribution is 5.89. The van der Waals surface area contributed by atoms with Gasteiger partial charge in [0.15, 0.2) is 0 Å². The van der Waals surface area contributed by atoms with Crippen molar-refractivity contribution < 1.29 is 14.0 Å². The van der Waals surface area contributed by atoms with E-state index in [1.165, 1.54) is 30.4 Å². The molecule has 5 heteroatoms. The first-order chi connectivity index (χ1) is 17.5. The molecule has 2 aromatic rings. The van der Waals surface area contributed by atoms with Crippen LogP contribution in [0.3, 0.4) is 0 Å². The Kier molecular flexibility index (Phi) is 5.34. The highest BCUT2D eigenvalue weighted by Crippen LogP contribution is 2.56. The molecule has 1 N–H and O–H groups in total. The summed E-state index contributed by atoms with van der Waals surface area (Å²) in [5, 5.41) is 3.67. The molecule has 6 aliphatic rings. The largest absolute Gasteiger partial charge is 0.467 e. The van der Waals surface area contributed by atoms with Crippen LogP contribution in [-0.4, -0.2) is 28.3 Å². The monoisotopic (exact) mass is 486 g/mol. The summed E-state index contributed by atoms with van der Waals surface area (Å²) in [5.74, 6) is 4.13. The maximum atomic E-state index is 14.5. The van der Waals surface area contributed by atoms with Crippen LogP contribution in [0.15, 0.2) is 47.1 Å². The maximum Gasteiger partial charge on any atom is 0.246 e. The highest BCUT2D eigenvalue weighted by Gasteiger charge is 2.56. The molecule has 1 aromatic heterocycles. The van der Waals surface area contributed by atoms with Gasteiger partial charge in [0.1, 0.15) is 11.3 Å². The zero-order valence-electron chi connectivity index (χ0n) is 21.2. The van der Waals surface area contributed by atoms with Crippen molar-refractivity contribution in [3.8, 4) is 0 Å². The van der Waals surface area contributed by atoms with Crippen molar-refractivity contribution in [1.29, 1.82) is 0 Å². The van der Waals surface area contributed by atoms with E-state index in [9.17, 15) is 9.59 Å². The molecule has 4 bridgehead atoms. The van der Waals surface area contributed by atoms with Crippen molar-refractivity contribution in [1.82, 2.24) is 10.2 Å². The Morgan fingerprint density at radius 3 is 2.22 bits per heavy atom. The molecular weight excluding hydrogens is 448 g/mol. The van der Waals surface area contributed by atoms with Crippen LogP contribution in [0, 0.1) is 29.6 Å². The second kappa shape index (κ2) is 8.49. The van der Waals surface area contributed by atoms with Crippen LogP contribution in [0.1, 0.15) is 74.7 Å². The first kappa shape index (κ1) is 22.6. The van der Waals surface area contributed by atoms with Crippen molar-refractivity contribution >= 4 is 12.3 Å². The molecule has 3 atom stereocenters. The Bertz CT molecular complexity index is 1110. The molecule has 36 heavy (non-hydrogen) atoms. The van der Waals surface area contributed by atoms with Gasteiger partial charge in [-0.2, -0.15) is 0 Å². The molecule has 0 radical (unpaired) electrons. The number of fused-ring (bicyclic) bond motifs is 2. The second-order valence-electron chi connectivity index (χ2n) is 12.9. The Balaban J connectivity index is 1.20. The van der Waals surface area contributed by atoms with E-state index in [1.54, 1.807) is 11.2 Å². The van der Waals surface area contributed by atoms with Gasteiger partial charge >= 0.3 is 0 Å². The van der Waals surface area contributed by atoms with Gasteiger partial charge in [-0.3, -0.25) is 9.59 Å². The van der Waals surface area contributed by atoms with Crippen LogP contribution in [0.4, 0.5) is 0 Å².